The SMILES string of the molecule is Cc1cc(C)cc(OC(=O)C2CC2)c1. The van der Waals surface area contributed by atoms with Crippen LogP contribution in [0.1, 0.15) is 24.0 Å². The standard InChI is InChI=1S/C12H14O2/c1-8-5-9(2)7-11(6-8)14-12(13)10-3-4-10/h5-7,10H,3-4H2,1-2H3. The molecule has 1 fully saturated rings. The maximum Gasteiger partial charge on any atom is 0.314 e. The van der Waals surface area contributed by atoms with Crippen LogP contribution in [0.5, 0.6) is 5.75 Å². The maximum atomic E-state index is 11.4. The van der Waals surface area contributed by atoms with Crippen LogP contribution in [0.3, 0.4) is 0 Å². The van der Waals surface area contributed by atoms with E-state index in [1.54, 1.807) is 0 Å². The lowest BCUT2D eigenvalue weighted by Crippen LogP contribution is -2.09. The average molecular weight is 190 g/mol. The normalized spacial score (nSPS) is 15.3. The molecule has 2 nitrogen and oxygen atoms in total. The van der Waals surface area contributed by atoms with Crippen molar-refractivity contribution in [2.75, 3.05) is 0 Å². The van der Waals surface area contributed by atoms with Crippen molar-refractivity contribution >= 4 is 5.97 Å². The lowest BCUT2D eigenvalue weighted by Gasteiger charge is -2.05. The van der Waals surface area contributed by atoms with Gasteiger partial charge in [0.25, 0.3) is 0 Å². The van der Waals surface area contributed by atoms with Gasteiger partial charge in [-0.15, -0.1) is 0 Å². The van der Waals surface area contributed by atoms with Crippen LogP contribution in [0, 0.1) is 19.8 Å². The van der Waals surface area contributed by atoms with Crippen molar-refractivity contribution in [3.63, 3.8) is 0 Å². The zero-order valence-electron chi connectivity index (χ0n) is 8.54. The highest BCUT2D eigenvalue weighted by Gasteiger charge is 2.31. The van der Waals surface area contributed by atoms with Crippen LogP contribution in [0.4, 0.5) is 0 Å². The van der Waals surface area contributed by atoms with Crippen LogP contribution < -0.4 is 4.74 Å². The molecule has 0 aliphatic heterocycles. The average Bonchev–Trinajstić information content (AvgIpc) is 2.82. The third kappa shape index (κ3) is 2.13. The molecule has 0 saturated heterocycles. The molecule has 1 saturated carbocycles. The molecule has 0 spiro atoms. The predicted octanol–water partition coefficient (Wildman–Crippen LogP) is 2.62. The monoisotopic (exact) mass is 190 g/mol. The van der Waals surface area contributed by atoms with Gasteiger partial charge < -0.3 is 4.74 Å². The van der Waals surface area contributed by atoms with Crippen molar-refractivity contribution < 1.29 is 9.53 Å². The van der Waals surface area contributed by atoms with Gasteiger partial charge in [-0.3, -0.25) is 4.79 Å². The Hall–Kier alpha value is -1.31. The van der Waals surface area contributed by atoms with Crippen LogP contribution in [0.2, 0.25) is 0 Å². The smallest absolute Gasteiger partial charge is 0.314 e. The third-order valence-electron chi connectivity index (χ3n) is 2.32. The van der Waals surface area contributed by atoms with E-state index >= 15 is 0 Å². The highest BCUT2D eigenvalue weighted by atomic mass is 16.5. The zero-order chi connectivity index (χ0) is 10.1. The summed E-state index contributed by atoms with van der Waals surface area (Å²) in [5.41, 5.74) is 2.26. The Morgan fingerprint density at radius 1 is 1.21 bits per heavy atom. The van der Waals surface area contributed by atoms with E-state index in [0.717, 1.165) is 24.0 Å². The molecule has 0 heterocycles. The Bertz CT molecular complexity index is 344. The van der Waals surface area contributed by atoms with E-state index < -0.39 is 0 Å². The van der Waals surface area contributed by atoms with E-state index in [1.807, 2.05) is 26.0 Å². The first-order chi connectivity index (χ1) is 6.65. The lowest BCUT2D eigenvalue weighted by molar-refractivity contribution is -0.135. The van der Waals surface area contributed by atoms with Gasteiger partial charge in [-0.25, -0.2) is 0 Å². The number of benzene rings is 1. The topological polar surface area (TPSA) is 26.3 Å². The molecule has 0 aromatic heterocycles. The number of carbonyl (C=O) groups is 1. The Kier molecular flexibility index (Phi) is 2.28. The molecule has 2 heteroatoms. The van der Waals surface area contributed by atoms with E-state index in [-0.39, 0.29) is 11.9 Å². The Labute approximate surface area is 83.9 Å². The Balaban J connectivity index is 2.11. The largest absolute Gasteiger partial charge is 0.426 e. The minimum absolute atomic E-state index is 0.0741. The molecule has 1 aliphatic rings. The minimum Gasteiger partial charge on any atom is -0.426 e. The van der Waals surface area contributed by atoms with E-state index in [0.29, 0.717) is 5.75 Å². The number of carbonyl (C=O) groups excluding carboxylic acids is 1. The maximum absolute atomic E-state index is 11.4. The summed E-state index contributed by atoms with van der Waals surface area (Å²) >= 11 is 0. The van der Waals surface area contributed by atoms with Crippen molar-refractivity contribution in [1.29, 1.82) is 0 Å². The summed E-state index contributed by atoms with van der Waals surface area (Å²) in [5, 5.41) is 0. The number of esters is 1. The van der Waals surface area contributed by atoms with Crippen LogP contribution in [0.15, 0.2) is 18.2 Å². The van der Waals surface area contributed by atoms with Crippen molar-refractivity contribution in [3.8, 4) is 5.75 Å². The molecule has 0 amide bonds. The molecule has 0 radical (unpaired) electrons. The van der Waals surface area contributed by atoms with Crippen molar-refractivity contribution in [2.45, 2.75) is 26.7 Å². The highest BCUT2D eigenvalue weighted by molar-refractivity contribution is 5.77. The van der Waals surface area contributed by atoms with Gasteiger partial charge in [-0.2, -0.15) is 0 Å². The van der Waals surface area contributed by atoms with Gasteiger partial charge >= 0.3 is 5.97 Å². The number of hydrogen-bond acceptors (Lipinski definition) is 2. The molecule has 0 atom stereocenters. The number of aryl methyl sites for hydroxylation is 2. The molecule has 1 aromatic carbocycles. The van der Waals surface area contributed by atoms with Crippen molar-refractivity contribution in [2.24, 2.45) is 5.92 Å². The number of rotatable bonds is 2. The van der Waals surface area contributed by atoms with Crippen molar-refractivity contribution in [1.82, 2.24) is 0 Å². The Morgan fingerprint density at radius 3 is 2.29 bits per heavy atom. The molecule has 14 heavy (non-hydrogen) atoms. The fraction of sp³-hybridized carbons (Fsp3) is 0.417. The minimum atomic E-state index is -0.0741. The molecule has 0 N–H and O–H groups in total. The fourth-order valence-electron chi connectivity index (χ4n) is 1.51. The first-order valence-corrected chi connectivity index (χ1v) is 4.95. The molecule has 2 rings (SSSR count). The number of hydrogen-bond donors (Lipinski definition) is 0. The lowest BCUT2D eigenvalue weighted by atomic mass is 10.1. The van der Waals surface area contributed by atoms with Gasteiger partial charge in [0.15, 0.2) is 0 Å². The molecular weight excluding hydrogens is 176 g/mol. The quantitative estimate of drug-likeness (QED) is 0.529. The second-order valence-corrected chi connectivity index (χ2v) is 4.02. The van der Waals surface area contributed by atoms with E-state index in [4.69, 9.17) is 4.74 Å². The molecule has 74 valence electrons. The summed E-state index contributed by atoms with van der Waals surface area (Å²) in [6.45, 7) is 4.00. The summed E-state index contributed by atoms with van der Waals surface area (Å²) in [7, 11) is 0. The van der Waals surface area contributed by atoms with E-state index in [1.165, 1.54) is 0 Å². The summed E-state index contributed by atoms with van der Waals surface area (Å²) in [6, 6.07) is 5.86. The van der Waals surface area contributed by atoms with Gasteiger partial charge in [0, 0.05) is 0 Å². The molecule has 0 unspecified atom stereocenters. The highest BCUT2D eigenvalue weighted by Crippen LogP contribution is 2.31. The van der Waals surface area contributed by atoms with Gasteiger partial charge in [0.1, 0.15) is 5.75 Å². The molecule has 1 aliphatic carbocycles. The van der Waals surface area contributed by atoms with E-state index in [2.05, 4.69) is 6.07 Å². The second kappa shape index (κ2) is 3.45. The third-order valence-corrected chi connectivity index (χ3v) is 2.32. The van der Waals surface area contributed by atoms with Crippen LogP contribution in [-0.2, 0) is 4.79 Å². The van der Waals surface area contributed by atoms with Crippen LogP contribution in [0.25, 0.3) is 0 Å². The van der Waals surface area contributed by atoms with Gasteiger partial charge in [0.05, 0.1) is 5.92 Å². The van der Waals surface area contributed by atoms with Gasteiger partial charge in [0.2, 0.25) is 0 Å². The molecule has 0 bridgehead atoms. The molecular formula is C12H14O2. The summed E-state index contributed by atoms with van der Waals surface area (Å²) < 4.78 is 5.26. The molecule has 1 aromatic rings. The summed E-state index contributed by atoms with van der Waals surface area (Å²) in [6.07, 6.45) is 1.98. The fourth-order valence-corrected chi connectivity index (χ4v) is 1.51. The van der Waals surface area contributed by atoms with Crippen LogP contribution in [-0.4, -0.2) is 5.97 Å². The van der Waals surface area contributed by atoms with E-state index in [9.17, 15) is 4.79 Å². The van der Waals surface area contributed by atoms with Crippen molar-refractivity contribution in [3.05, 3.63) is 29.3 Å². The van der Waals surface area contributed by atoms with Gasteiger partial charge in [-0.05, 0) is 49.9 Å². The summed E-state index contributed by atoms with van der Waals surface area (Å²) in [5.74, 6) is 0.769. The zero-order valence-corrected chi connectivity index (χ0v) is 8.54. The Morgan fingerprint density at radius 2 is 1.79 bits per heavy atom. The van der Waals surface area contributed by atoms with Gasteiger partial charge in [-0.1, -0.05) is 6.07 Å². The second-order valence-electron chi connectivity index (χ2n) is 4.02. The van der Waals surface area contributed by atoms with Crippen LogP contribution >= 0.6 is 0 Å². The summed E-state index contributed by atoms with van der Waals surface area (Å²) in [4.78, 5) is 11.4. The predicted molar refractivity (Wildman–Crippen MR) is 54.3 cm³/mol. The first-order valence-electron chi connectivity index (χ1n) is 4.95. The first kappa shape index (κ1) is 9.25. The number of ether oxygens (including phenoxy) is 1.